The number of nitrogens with zero attached hydrogens (tertiary/aromatic N) is 3. The van der Waals surface area contributed by atoms with Crippen LogP contribution in [0.5, 0.6) is 0 Å². The van der Waals surface area contributed by atoms with Gasteiger partial charge in [-0.1, -0.05) is 32.0 Å². The van der Waals surface area contributed by atoms with Gasteiger partial charge in [-0.2, -0.15) is 4.98 Å². The predicted molar refractivity (Wildman–Crippen MR) is 93.3 cm³/mol. The van der Waals surface area contributed by atoms with Crippen molar-refractivity contribution in [2.24, 2.45) is 0 Å². The summed E-state index contributed by atoms with van der Waals surface area (Å²) in [6.45, 7) is 8.53. The van der Waals surface area contributed by atoms with Crippen molar-refractivity contribution in [3.63, 3.8) is 0 Å². The molecule has 23 heavy (non-hydrogen) atoms. The third-order valence-corrected chi connectivity index (χ3v) is 3.53. The molecule has 1 heterocycles. The van der Waals surface area contributed by atoms with Crippen LogP contribution in [0.15, 0.2) is 30.3 Å². The Hall–Kier alpha value is -2.17. The normalized spacial score (nSPS) is 10.6. The van der Waals surface area contributed by atoms with Gasteiger partial charge in [0.25, 0.3) is 0 Å². The number of benzene rings is 1. The smallest absolute Gasteiger partial charge is 0.227 e. The first-order valence-electron chi connectivity index (χ1n) is 8.22. The summed E-state index contributed by atoms with van der Waals surface area (Å²) in [5.74, 6) is 1.27. The first kappa shape index (κ1) is 17.2. The summed E-state index contributed by atoms with van der Waals surface area (Å²) in [7, 11) is 0. The maximum Gasteiger partial charge on any atom is 0.227 e. The Morgan fingerprint density at radius 3 is 2.43 bits per heavy atom. The maximum absolute atomic E-state index is 13.7. The highest BCUT2D eigenvalue weighted by atomic mass is 19.1. The van der Waals surface area contributed by atoms with Crippen molar-refractivity contribution in [1.82, 2.24) is 9.97 Å². The first-order chi connectivity index (χ1) is 11.1. The molecule has 0 saturated carbocycles. The van der Waals surface area contributed by atoms with Crippen molar-refractivity contribution < 1.29 is 4.39 Å². The lowest BCUT2D eigenvalue weighted by Gasteiger charge is -2.22. The van der Waals surface area contributed by atoms with E-state index in [9.17, 15) is 4.39 Å². The monoisotopic (exact) mass is 316 g/mol. The van der Waals surface area contributed by atoms with Crippen LogP contribution in [-0.2, 0) is 6.54 Å². The summed E-state index contributed by atoms with van der Waals surface area (Å²) in [4.78, 5) is 11.3. The van der Waals surface area contributed by atoms with Crippen LogP contribution in [-0.4, -0.2) is 23.1 Å². The number of aromatic nitrogens is 2. The van der Waals surface area contributed by atoms with E-state index in [1.807, 2.05) is 19.1 Å². The molecule has 0 fully saturated rings. The van der Waals surface area contributed by atoms with Crippen LogP contribution in [0, 0.1) is 12.7 Å². The zero-order valence-corrected chi connectivity index (χ0v) is 14.1. The number of hydrogen-bond acceptors (Lipinski definition) is 4. The Balaban J connectivity index is 2.14. The van der Waals surface area contributed by atoms with Crippen LogP contribution in [0.1, 0.15) is 37.9 Å². The summed E-state index contributed by atoms with van der Waals surface area (Å²) in [5, 5.41) is 3.20. The van der Waals surface area contributed by atoms with Gasteiger partial charge in [0.2, 0.25) is 5.95 Å². The summed E-state index contributed by atoms with van der Waals surface area (Å²) < 4.78 is 13.7. The number of nitrogens with one attached hydrogen (secondary N) is 1. The molecular formula is C18H25FN4. The molecule has 5 heteroatoms. The van der Waals surface area contributed by atoms with Gasteiger partial charge in [-0.25, -0.2) is 9.37 Å². The number of anilines is 2. The maximum atomic E-state index is 13.7. The molecule has 124 valence electrons. The molecule has 0 radical (unpaired) electrons. The number of hydrogen-bond donors (Lipinski definition) is 1. The summed E-state index contributed by atoms with van der Waals surface area (Å²) in [6.07, 6.45) is 2.10. The zero-order valence-electron chi connectivity index (χ0n) is 14.1. The molecule has 0 bridgehead atoms. The molecule has 1 N–H and O–H groups in total. The molecule has 0 atom stereocenters. The molecule has 0 spiro atoms. The van der Waals surface area contributed by atoms with Gasteiger partial charge in [-0.15, -0.1) is 0 Å². The molecule has 1 aromatic carbocycles. The number of rotatable bonds is 8. The fourth-order valence-corrected chi connectivity index (χ4v) is 2.46. The Kier molecular flexibility index (Phi) is 6.32. The lowest BCUT2D eigenvalue weighted by atomic mass is 10.2. The summed E-state index contributed by atoms with van der Waals surface area (Å²) in [6, 6.07) is 8.66. The van der Waals surface area contributed by atoms with Crippen molar-refractivity contribution in [3.8, 4) is 0 Å². The molecule has 0 aliphatic rings. The average molecular weight is 316 g/mol. The Labute approximate surface area is 137 Å². The fourth-order valence-electron chi connectivity index (χ4n) is 2.46. The van der Waals surface area contributed by atoms with Crippen molar-refractivity contribution >= 4 is 11.8 Å². The lowest BCUT2D eigenvalue weighted by Crippen LogP contribution is -2.27. The van der Waals surface area contributed by atoms with Gasteiger partial charge in [0.15, 0.2) is 0 Å². The van der Waals surface area contributed by atoms with Crippen molar-refractivity contribution in [2.45, 2.75) is 40.2 Å². The second-order valence-corrected chi connectivity index (χ2v) is 5.63. The van der Waals surface area contributed by atoms with Gasteiger partial charge >= 0.3 is 0 Å². The largest absolute Gasteiger partial charge is 0.366 e. The summed E-state index contributed by atoms with van der Waals surface area (Å²) in [5.41, 5.74) is 1.53. The van der Waals surface area contributed by atoms with E-state index in [-0.39, 0.29) is 5.82 Å². The van der Waals surface area contributed by atoms with E-state index in [4.69, 9.17) is 0 Å². The van der Waals surface area contributed by atoms with Gasteiger partial charge in [0.05, 0.1) is 0 Å². The van der Waals surface area contributed by atoms with Crippen LogP contribution < -0.4 is 10.2 Å². The minimum absolute atomic E-state index is 0.204. The highest BCUT2D eigenvalue weighted by Crippen LogP contribution is 2.16. The van der Waals surface area contributed by atoms with E-state index in [1.165, 1.54) is 6.07 Å². The molecule has 0 unspecified atom stereocenters. The van der Waals surface area contributed by atoms with Crippen LogP contribution in [0.25, 0.3) is 0 Å². The van der Waals surface area contributed by atoms with E-state index >= 15 is 0 Å². The van der Waals surface area contributed by atoms with Gasteiger partial charge in [-0.3, -0.25) is 0 Å². The average Bonchev–Trinajstić information content (AvgIpc) is 2.53. The van der Waals surface area contributed by atoms with Gasteiger partial charge in [0, 0.05) is 37.0 Å². The van der Waals surface area contributed by atoms with E-state index in [1.54, 1.807) is 12.1 Å². The Bertz CT molecular complexity index is 624. The number of halogens is 1. The molecule has 0 aliphatic heterocycles. The Morgan fingerprint density at radius 2 is 1.78 bits per heavy atom. The minimum Gasteiger partial charge on any atom is -0.366 e. The second-order valence-electron chi connectivity index (χ2n) is 5.63. The molecule has 1 aromatic heterocycles. The molecule has 4 nitrogen and oxygen atoms in total. The third kappa shape index (κ3) is 4.91. The minimum atomic E-state index is -0.204. The molecule has 2 aromatic rings. The summed E-state index contributed by atoms with van der Waals surface area (Å²) >= 11 is 0. The molecule has 2 rings (SSSR count). The van der Waals surface area contributed by atoms with E-state index in [0.29, 0.717) is 12.1 Å². The van der Waals surface area contributed by atoms with Crippen LogP contribution in [0.3, 0.4) is 0 Å². The quantitative estimate of drug-likeness (QED) is 0.794. The van der Waals surface area contributed by atoms with E-state index < -0.39 is 0 Å². The number of aryl methyl sites for hydroxylation is 1. The molecule has 0 aliphatic carbocycles. The van der Waals surface area contributed by atoms with E-state index in [2.05, 4.69) is 34.0 Å². The third-order valence-electron chi connectivity index (χ3n) is 3.53. The van der Waals surface area contributed by atoms with Crippen LogP contribution in [0.2, 0.25) is 0 Å². The highest BCUT2D eigenvalue weighted by Gasteiger charge is 2.10. The first-order valence-corrected chi connectivity index (χ1v) is 8.22. The zero-order chi connectivity index (χ0) is 16.7. The van der Waals surface area contributed by atoms with Crippen LogP contribution >= 0.6 is 0 Å². The van der Waals surface area contributed by atoms with Gasteiger partial charge in [-0.05, 0) is 25.8 Å². The Morgan fingerprint density at radius 1 is 1.09 bits per heavy atom. The highest BCUT2D eigenvalue weighted by molar-refractivity contribution is 5.44. The second kappa shape index (κ2) is 8.46. The SMILES string of the molecule is CCCN(CCC)c1nc(C)cc(NCc2ccccc2F)n1. The lowest BCUT2D eigenvalue weighted by molar-refractivity contribution is 0.613. The van der Waals surface area contributed by atoms with Gasteiger partial charge < -0.3 is 10.2 Å². The van der Waals surface area contributed by atoms with Crippen LogP contribution in [0.4, 0.5) is 16.2 Å². The van der Waals surface area contributed by atoms with Crippen molar-refractivity contribution in [1.29, 1.82) is 0 Å². The standard InChI is InChI=1S/C18H25FN4/c1-4-10-23(11-5-2)18-21-14(3)12-17(22-18)20-13-15-8-6-7-9-16(15)19/h6-9,12H,4-5,10-11,13H2,1-3H3,(H,20,21,22). The molecular weight excluding hydrogens is 291 g/mol. The predicted octanol–water partition coefficient (Wildman–Crippen LogP) is 4.16. The fraction of sp³-hybridized carbons (Fsp3) is 0.444. The molecule has 0 amide bonds. The van der Waals surface area contributed by atoms with Crippen molar-refractivity contribution in [2.75, 3.05) is 23.3 Å². The topological polar surface area (TPSA) is 41.1 Å². The van der Waals surface area contributed by atoms with Crippen molar-refractivity contribution in [3.05, 3.63) is 47.4 Å². The molecule has 0 saturated heterocycles. The van der Waals surface area contributed by atoms with Gasteiger partial charge in [0.1, 0.15) is 11.6 Å². The van der Waals surface area contributed by atoms with E-state index in [0.717, 1.165) is 43.4 Å².